The molecule has 0 aliphatic heterocycles. The molecule has 2 heterocycles. The molecule has 5 heteroatoms. The number of hydrogen-bond acceptors (Lipinski definition) is 4. The Morgan fingerprint density at radius 2 is 1.65 bits per heavy atom. The predicted molar refractivity (Wildman–Crippen MR) is 135 cm³/mol. The molecule has 0 N–H and O–H groups in total. The topological polar surface area (TPSA) is 52.8 Å². The molecule has 5 aromatic rings. The van der Waals surface area contributed by atoms with Gasteiger partial charge >= 0.3 is 0 Å². The summed E-state index contributed by atoms with van der Waals surface area (Å²) in [5.74, 6) is 0.928. The second-order valence-corrected chi connectivity index (χ2v) is 8.27. The number of nitrogens with zero attached hydrogens (tertiary/aromatic N) is 4. The van der Waals surface area contributed by atoms with Crippen molar-refractivity contribution in [1.29, 1.82) is 0 Å². The van der Waals surface area contributed by atoms with Gasteiger partial charge in [-0.2, -0.15) is 0 Å². The van der Waals surface area contributed by atoms with Crippen LogP contribution in [-0.2, 0) is 6.42 Å². The number of hydrogen-bond donors (Lipinski definition) is 0. The molecule has 5 nitrogen and oxygen atoms in total. The summed E-state index contributed by atoms with van der Waals surface area (Å²) in [5, 5.41) is 8.52. The van der Waals surface area contributed by atoms with Crippen LogP contribution < -0.4 is 4.74 Å². The SMILES string of the molecule is Cc1ccc(-c2ccccc2OCCCc2ccc(-n3cc(-c4cccnc4)nn3)cc2)cc1. The highest BCUT2D eigenvalue weighted by molar-refractivity contribution is 5.70. The molecule has 0 bridgehead atoms. The minimum Gasteiger partial charge on any atom is -0.493 e. The van der Waals surface area contributed by atoms with Gasteiger partial charge in [-0.05, 0) is 61.2 Å². The smallest absolute Gasteiger partial charge is 0.127 e. The van der Waals surface area contributed by atoms with Gasteiger partial charge < -0.3 is 4.74 Å². The van der Waals surface area contributed by atoms with Gasteiger partial charge in [0.05, 0.1) is 18.5 Å². The third-order valence-corrected chi connectivity index (χ3v) is 5.77. The van der Waals surface area contributed by atoms with Crippen LogP contribution in [0.4, 0.5) is 0 Å². The van der Waals surface area contributed by atoms with Crippen molar-refractivity contribution in [2.45, 2.75) is 19.8 Å². The van der Waals surface area contributed by atoms with Crippen LogP contribution in [0.15, 0.2) is 104 Å². The quantitative estimate of drug-likeness (QED) is 0.262. The summed E-state index contributed by atoms with van der Waals surface area (Å²) < 4.78 is 7.94. The Morgan fingerprint density at radius 3 is 2.44 bits per heavy atom. The summed E-state index contributed by atoms with van der Waals surface area (Å²) in [7, 11) is 0. The van der Waals surface area contributed by atoms with Gasteiger partial charge in [0.25, 0.3) is 0 Å². The zero-order valence-electron chi connectivity index (χ0n) is 19.1. The van der Waals surface area contributed by atoms with Gasteiger partial charge in [0.15, 0.2) is 0 Å². The molecular formula is C29H26N4O. The third-order valence-electron chi connectivity index (χ3n) is 5.77. The lowest BCUT2D eigenvalue weighted by atomic mass is 10.0. The monoisotopic (exact) mass is 446 g/mol. The van der Waals surface area contributed by atoms with Gasteiger partial charge in [0, 0.05) is 23.5 Å². The van der Waals surface area contributed by atoms with Gasteiger partial charge in [-0.25, -0.2) is 4.68 Å². The first-order valence-electron chi connectivity index (χ1n) is 11.5. The van der Waals surface area contributed by atoms with E-state index in [1.807, 2.05) is 30.5 Å². The van der Waals surface area contributed by atoms with Crippen LogP contribution in [0.3, 0.4) is 0 Å². The summed E-state index contributed by atoms with van der Waals surface area (Å²) in [5.41, 5.74) is 7.57. The summed E-state index contributed by atoms with van der Waals surface area (Å²) >= 11 is 0. The molecule has 168 valence electrons. The van der Waals surface area contributed by atoms with Crippen molar-refractivity contribution >= 4 is 0 Å². The van der Waals surface area contributed by atoms with Crippen molar-refractivity contribution in [3.8, 4) is 33.8 Å². The van der Waals surface area contributed by atoms with E-state index in [-0.39, 0.29) is 0 Å². The summed E-state index contributed by atoms with van der Waals surface area (Å²) in [6, 6.07) is 29.1. The predicted octanol–water partition coefficient (Wildman–Crippen LogP) is 6.32. The number of para-hydroxylation sites is 1. The Hall–Kier alpha value is -4.25. The molecule has 34 heavy (non-hydrogen) atoms. The summed E-state index contributed by atoms with van der Waals surface area (Å²) in [6.45, 7) is 2.77. The molecule has 5 rings (SSSR count). The number of benzene rings is 3. The lowest BCUT2D eigenvalue weighted by Crippen LogP contribution is -2.01. The van der Waals surface area contributed by atoms with Gasteiger partial charge in [-0.3, -0.25) is 4.98 Å². The Balaban J connectivity index is 1.17. The highest BCUT2D eigenvalue weighted by atomic mass is 16.5. The Labute approximate surface area is 199 Å². The Morgan fingerprint density at radius 1 is 0.824 bits per heavy atom. The van der Waals surface area contributed by atoms with Crippen LogP contribution in [-0.4, -0.2) is 26.6 Å². The molecule has 0 amide bonds. The van der Waals surface area contributed by atoms with Crippen LogP contribution in [0.1, 0.15) is 17.5 Å². The molecule has 0 fully saturated rings. The fourth-order valence-electron chi connectivity index (χ4n) is 3.87. The van der Waals surface area contributed by atoms with Crippen LogP contribution in [0.25, 0.3) is 28.1 Å². The van der Waals surface area contributed by atoms with Crippen LogP contribution >= 0.6 is 0 Å². The molecule has 0 spiro atoms. The average Bonchev–Trinajstić information content (AvgIpc) is 3.39. The number of aryl methyl sites for hydroxylation is 2. The maximum absolute atomic E-state index is 6.15. The fraction of sp³-hybridized carbons (Fsp3) is 0.138. The van der Waals surface area contributed by atoms with Crippen molar-refractivity contribution in [3.05, 3.63) is 115 Å². The number of pyridine rings is 1. The minimum absolute atomic E-state index is 0.669. The van der Waals surface area contributed by atoms with Gasteiger partial charge in [-0.1, -0.05) is 65.4 Å². The number of rotatable bonds is 8. The zero-order valence-corrected chi connectivity index (χ0v) is 19.1. The maximum Gasteiger partial charge on any atom is 0.127 e. The molecule has 0 radical (unpaired) electrons. The van der Waals surface area contributed by atoms with E-state index in [9.17, 15) is 0 Å². The minimum atomic E-state index is 0.669. The van der Waals surface area contributed by atoms with Crippen LogP contribution in [0.2, 0.25) is 0 Å². The molecular weight excluding hydrogens is 420 g/mol. The van der Waals surface area contributed by atoms with E-state index < -0.39 is 0 Å². The zero-order chi connectivity index (χ0) is 23.2. The van der Waals surface area contributed by atoms with Gasteiger partial charge in [-0.15, -0.1) is 5.10 Å². The van der Waals surface area contributed by atoms with E-state index in [1.54, 1.807) is 17.1 Å². The molecule has 0 atom stereocenters. The van der Waals surface area contributed by atoms with Crippen molar-refractivity contribution in [1.82, 2.24) is 20.0 Å². The van der Waals surface area contributed by atoms with Crippen LogP contribution in [0, 0.1) is 6.92 Å². The second-order valence-electron chi connectivity index (χ2n) is 8.27. The highest BCUT2D eigenvalue weighted by Gasteiger charge is 2.07. The fourth-order valence-corrected chi connectivity index (χ4v) is 3.87. The van der Waals surface area contributed by atoms with E-state index in [1.165, 1.54) is 16.7 Å². The average molecular weight is 447 g/mol. The number of aromatic nitrogens is 4. The summed E-state index contributed by atoms with van der Waals surface area (Å²) in [4.78, 5) is 4.15. The molecule has 0 saturated heterocycles. The number of ether oxygens (including phenoxy) is 1. The first-order chi connectivity index (χ1) is 16.8. The van der Waals surface area contributed by atoms with Crippen molar-refractivity contribution in [3.63, 3.8) is 0 Å². The van der Waals surface area contributed by atoms with Crippen molar-refractivity contribution < 1.29 is 4.74 Å². The van der Waals surface area contributed by atoms with E-state index in [4.69, 9.17) is 4.74 Å². The third kappa shape index (κ3) is 5.04. The molecule has 0 unspecified atom stereocenters. The van der Waals surface area contributed by atoms with Crippen molar-refractivity contribution in [2.75, 3.05) is 6.61 Å². The van der Waals surface area contributed by atoms with E-state index in [0.717, 1.165) is 41.1 Å². The van der Waals surface area contributed by atoms with Crippen molar-refractivity contribution in [2.24, 2.45) is 0 Å². The molecule has 3 aromatic carbocycles. The first-order valence-corrected chi connectivity index (χ1v) is 11.5. The normalized spacial score (nSPS) is 10.9. The molecule has 2 aromatic heterocycles. The Bertz CT molecular complexity index is 1340. The molecule has 0 aliphatic carbocycles. The first kappa shape index (κ1) is 21.6. The standard InChI is InChI=1S/C29H26N4O/c1-22-10-14-24(15-11-22)27-8-2-3-9-29(27)34-19-5-6-23-12-16-26(17-13-23)33-21-28(31-32-33)25-7-4-18-30-20-25/h2-4,7-18,20-21H,5-6,19H2,1H3. The molecule has 0 aliphatic rings. The lowest BCUT2D eigenvalue weighted by molar-refractivity contribution is 0.312. The van der Waals surface area contributed by atoms with E-state index in [2.05, 4.69) is 82.9 Å². The summed E-state index contributed by atoms with van der Waals surface area (Å²) in [6.07, 6.45) is 7.35. The highest BCUT2D eigenvalue weighted by Crippen LogP contribution is 2.30. The van der Waals surface area contributed by atoms with E-state index in [0.29, 0.717) is 6.61 Å². The lowest BCUT2D eigenvalue weighted by Gasteiger charge is -2.12. The molecule has 0 saturated carbocycles. The Kier molecular flexibility index (Phi) is 6.43. The van der Waals surface area contributed by atoms with Gasteiger partial charge in [0.2, 0.25) is 0 Å². The van der Waals surface area contributed by atoms with E-state index >= 15 is 0 Å². The largest absolute Gasteiger partial charge is 0.493 e. The second kappa shape index (κ2) is 10.1. The van der Waals surface area contributed by atoms with Crippen LogP contribution in [0.5, 0.6) is 5.75 Å². The maximum atomic E-state index is 6.15. The van der Waals surface area contributed by atoms with Gasteiger partial charge in [0.1, 0.15) is 11.4 Å².